The number of carboxylic acid groups (broad SMARTS) is 1. The number of halogens is 2. The molecule has 4 rings (SSSR count). The van der Waals surface area contributed by atoms with Crippen LogP contribution in [0.15, 0.2) is 11.0 Å². The van der Waals surface area contributed by atoms with Crippen LogP contribution in [0.3, 0.4) is 0 Å². The number of aromatic carboxylic acids is 1. The van der Waals surface area contributed by atoms with E-state index in [0.717, 1.165) is 6.20 Å². The molecular formula is C17H18F2N4O3. The minimum atomic E-state index is -1.46. The summed E-state index contributed by atoms with van der Waals surface area (Å²) in [6.07, 6.45) is 1.83. The summed E-state index contributed by atoms with van der Waals surface area (Å²) < 4.78 is 30.6. The molecule has 0 unspecified atom stereocenters. The number of carboxylic acids is 1. The monoisotopic (exact) mass is 364 g/mol. The first-order chi connectivity index (χ1) is 12.3. The number of hydrogen-bond donors (Lipinski definition) is 4. The Morgan fingerprint density at radius 3 is 2.46 bits per heavy atom. The summed E-state index contributed by atoms with van der Waals surface area (Å²) in [7, 11) is 0. The Morgan fingerprint density at radius 2 is 1.88 bits per heavy atom. The maximum Gasteiger partial charge on any atom is 0.341 e. The number of rotatable bonds is 3. The van der Waals surface area contributed by atoms with Crippen molar-refractivity contribution >= 4 is 22.6 Å². The van der Waals surface area contributed by atoms with Gasteiger partial charge >= 0.3 is 5.97 Å². The first-order valence-electron chi connectivity index (χ1n) is 8.40. The quantitative estimate of drug-likeness (QED) is 0.643. The van der Waals surface area contributed by atoms with E-state index >= 15 is 8.78 Å². The highest BCUT2D eigenvalue weighted by Gasteiger charge is 2.46. The van der Waals surface area contributed by atoms with E-state index in [2.05, 4.69) is 10.3 Å². The van der Waals surface area contributed by atoms with Gasteiger partial charge in [0.2, 0.25) is 5.43 Å². The van der Waals surface area contributed by atoms with Crippen molar-refractivity contribution in [1.29, 1.82) is 0 Å². The molecule has 0 atom stereocenters. The second-order valence-electron chi connectivity index (χ2n) is 6.83. The molecule has 0 bridgehead atoms. The highest BCUT2D eigenvalue weighted by Crippen LogP contribution is 2.48. The van der Waals surface area contributed by atoms with Crippen molar-refractivity contribution in [2.24, 2.45) is 5.73 Å². The molecule has 26 heavy (non-hydrogen) atoms. The molecule has 1 saturated heterocycles. The molecule has 0 spiro atoms. The Kier molecular flexibility index (Phi) is 3.74. The molecule has 9 heteroatoms. The smallest absolute Gasteiger partial charge is 0.341 e. The highest BCUT2D eigenvalue weighted by molar-refractivity contribution is 5.95. The predicted octanol–water partition coefficient (Wildman–Crippen LogP) is 0.862. The number of aromatic amines is 1. The average molecular weight is 364 g/mol. The fourth-order valence-electron chi connectivity index (χ4n) is 3.56. The van der Waals surface area contributed by atoms with Crippen molar-refractivity contribution in [3.8, 4) is 0 Å². The van der Waals surface area contributed by atoms with Gasteiger partial charge in [-0.15, -0.1) is 0 Å². The van der Waals surface area contributed by atoms with Crippen molar-refractivity contribution in [3.63, 3.8) is 0 Å². The van der Waals surface area contributed by atoms with Crippen molar-refractivity contribution in [1.82, 2.24) is 10.3 Å². The Labute approximate surface area is 146 Å². The van der Waals surface area contributed by atoms with E-state index in [4.69, 9.17) is 5.73 Å². The maximum atomic E-state index is 15.4. The van der Waals surface area contributed by atoms with Crippen LogP contribution in [0.4, 0.5) is 14.5 Å². The third-order valence-electron chi connectivity index (χ3n) is 5.14. The highest BCUT2D eigenvalue weighted by atomic mass is 19.1. The molecule has 0 amide bonds. The number of aromatic nitrogens is 1. The number of hydrogen-bond acceptors (Lipinski definition) is 5. The fraction of sp³-hybridized carbons (Fsp3) is 0.412. The van der Waals surface area contributed by atoms with Gasteiger partial charge in [-0.25, -0.2) is 13.6 Å². The van der Waals surface area contributed by atoms with Crippen LogP contribution in [0.5, 0.6) is 0 Å². The summed E-state index contributed by atoms with van der Waals surface area (Å²) in [5.74, 6) is -3.24. The summed E-state index contributed by atoms with van der Waals surface area (Å²) >= 11 is 0. The van der Waals surface area contributed by atoms with Gasteiger partial charge in [-0.3, -0.25) is 4.79 Å². The maximum absolute atomic E-state index is 15.4. The van der Waals surface area contributed by atoms with E-state index in [0.29, 0.717) is 39.0 Å². The number of nitrogens with zero attached hydrogens (tertiary/aromatic N) is 1. The number of pyridine rings is 1. The number of benzene rings is 1. The lowest BCUT2D eigenvalue weighted by molar-refractivity contribution is 0.0695. The fourth-order valence-corrected chi connectivity index (χ4v) is 3.56. The number of fused-ring (bicyclic) bond motifs is 1. The first kappa shape index (κ1) is 16.9. The predicted molar refractivity (Wildman–Crippen MR) is 91.6 cm³/mol. The van der Waals surface area contributed by atoms with Crippen LogP contribution >= 0.6 is 0 Å². The van der Waals surface area contributed by atoms with E-state index in [1.165, 1.54) is 0 Å². The van der Waals surface area contributed by atoms with Gasteiger partial charge in [-0.1, -0.05) is 0 Å². The third kappa shape index (κ3) is 2.38. The van der Waals surface area contributed by atoms with Gasteiger partial charge in [-0.05, 0) is 12.8 Å². The van der Waals surface area contributed by atoms with Crippen LogP contribution in [-0.4, -0.2) is 42.2 Å². The van der Waals surface area contributed by atoms with Gasteiger partial charge in [0.05, 0.1) is 10.9 Å². The van der Waals surface area contributed by atoms with Gasteiger partial charge < -0.3 is 26.0 Å². The Morgan fingerprint density at radius 1 is 1.23 bits per heavy atom. The SMILES string of the molecule is NC1(c2c(F)c(N3CCNCC3)c(F)c3[nH]cc(C(=O)O)c(=O)c23)CC1. The number of anilines is 1. The molecule has 2 aromatic rings. The molecule has 1 aliphatic carbocycles. The molecular weight excluding hydrogens is 346 g/mol. The standard InChI is InChI=1S/C17H18F2N4O3/c18-11-10(17(20)1-2-17)9-13(22-7-8(15(9)24)16(25)26)12(19)14(11)23-5-3-21-4-6-23/h7,21H,1-6,20H2,(H,22,24)(H,25,26). The number of nitrogens with two attached hydrogens (primary N) is 1. The van der Waals surface area contributed by atoms with Gasteiger partial charge in [0, 0.05) is 43.5 Å². The minimum absolute atomic E-state index is 0.0909. The van der Waals surface area contributed by atoms with Crippen LogP contribution in [0.1, 0.15) is 28.8 Å². The zero-order chi connectivity index (χ0) is 18.6. The largest absolute Gasteiger partial charge is 0.477 e. The van der Waals surface area contributed by atoms with Crippen molar-refractivity contribution < 1.29 is 18.7 Å². The van der Waals surface area contributed by atoms with E-state index in [1.807, 2.05) is 0 Å². The van der Waals surface area contributed by atoms with Crippen LogP contribution in [0.2, 0.25) is 0 Å². The lowest BCUT2D eigenvalue weighted by atomic mass is 9.95. The van der Waals surface area contributed by atoms with Gasteiger partial charge in [0.15, 0.2) is 11.6 Å². The zero-order valence-electron chi connectivity index (χ0n) is 13.9. The molecule has 1 aliphatic heterocycles. The number of nitrogens with one attached hydrogen (secondary N) is 2. The van der Waals surface area contributed by atoms with Gasteiger partial charge in [0.1, 0.15) is 11.3 Å². The molecule has 1 aromatic carbocycles. The van der Waals surface area contributed by atoms with Crippen molar-refractivity contribution in [2.45, 2.75) is 18.4 Å². The summed E-state index contributed by atoms with van der Waals surface area (Å²) in [6.45, 7) is 1.98. The van der Waals surface area contributed by atoms with E-state index in [9.17, 15) is 14.7 Å². The molecule has 0 radical (unpaired) electrons. The molecule has 1 saturated carbocycles. The third-order valence-corrected chi connectivity index (χ3v) is 5.14. The summed E-state index contributed by atoms with van der Waals surface area (Å²) in [6, 6.07) is 0. The summed E-state index contributed by atoms with van der Waals surface area (Å²) in [4.78, 5) is 28.0. The lowest BCUT2D eigenvalue weighted by Crippen LogP contribution is -2.44. The second kappa shape index (κ2) is 5.75. The molecule has 2 aliphatic rings. The molecule has 7 nitrogen and oxygen atoms in total. The van der Waals surface area contributed by atoms with Crippen molar-refractivity contribution in [3.05, 3.63) is 39.2 Å². The Hall–Kier alpha value is -2.52. The van der Waals surface area contributed by atoms with Gasteiger partial charge in [-0.2, -0.15) is 0 Å². The van der Waals surface area contributed by atoms with Crippen LogP contribution in [-0.2, 0) is 5.54 Å². The molecule has 138 valence electrons. The lowest BCUT2D eigenvalue weighted by Gasteiger charge is -2.31. The number of piperazine rings is 1. The Bertz CT molecular complexity index is 978. The van der Waals surface area contributed by atoms with E-state index in [-0.39, 0.29) is 22.2 Å². The number of carbonyl (C=O) groups is 1. The van der Waals surface area contributed by atoms with E-state index < -0.39 is 34.1 Å². The van der Waals surface area contributed by atoms with E-state index in [1.54, 1.807) is 4.90 Å². The minimum Gasteiger partial charge on any atom is -0.477 e. The molecule has 2 heterocycles. The van der Waals surface area contributed by atoms with Gasteiger partial charge in [0.25, 0.3) is 0 Å². The molecule has 1 aromatic heterocycles. The van der Waals surface area contributed by atoms with Crippen LogP contribution in [0, 0.1) is 11.6 Å². The topological polar surface area (TPSA) is 111 Å². The average Bonchev–Trinajstić information content (AvgIpc) is 3.34. The second-order valence-corrected chi connectivity index (χ2v) is 6.83. The zero-order valence-corrected chi connectivity index (χ0v) is 13.9. The van der Waals surface area contributed by atoms with Crippen molar-refractivity contribution in [2.75, 3.05) is 31.1 Å². The van der Waals surface area contributed by atoms with Crippen LogP contribution in [0.25, 0.3) is 10.9 Å². The normalized spacial score (nSPS) is 19.0. The molecule has 2 fully saturated rings. The first-order valence-corrected chi connectivity index (χ1v) is 8.40. The van der Waals surface area contributed by atoms with Crippen LogP contribution < -0.4 is 21.4 Å². The Balaban J connectivity index is 2.09. The summed E-state index contributed by atoms with van der Waals surface area (Å²) in [5, 5.41) is 12.0. The summed E-state index contributed by atoms with van der Waals surface area (Å²) in [5.41, 5.74) is 3.09. The number of H-pyrrole nitrogens is 1. The molecule has 5 N–H and O–H groups in total.